The van der Waals surface area contributed by atoms with E-state index in [1.54, 1.807) is 43.5 Å². The lowest BCUT2D eigenvalue weighted by molar-refractivity contribution is 0.102. The fourth-order valence-corrected chi connectivity index (χ4v) is 3.69. The van der Waals surface area contributed by atoms with Crippen molar-refractivity contribution in [3.8, 4) is 23.0 Å². The summed E-state index contributed by atoms with van der Waals surface area (Å²) in [5, 5.41) is 6.39. The number of ether oxygens (including phenoxy) is 4. The maximum Gasteiger partial charge on any atom is 0.263 e. The Labute approximate surface area is 189 Å². The van der Waals surface area contributed by atoms with Crippen LogP contribution < -0.4 is 29.6 Å². The van der Waals surface area contributed by atoms with Gasteiger partial charge in [0, 0.05) is 24.3 Å². The third-order valence-electron chi connectivity index (χ3n) is 5.22. The van der Waals surface area contributed by atoms with Crippen molar-refractivity contribution >= 4 is 24.0 Å². The molecule has 31 heavy (non-hydrogen) atoms. The minimum Gasteiger partial charge on any atom is -0.496 e. The van der Waals surface area contributed by atoms with Gasteiger partial charge in [-0.3, -0.25) is 4.79 Å². The molecule has 0 heterocycles. The SMILES string of the molecule is COc1cc(NC(=O)c2c(OC)cccc2OC)ccc1OCCNC1CCCC1.Cl. The Balaban J connectivity index is 0.00000341. The van der Waals surface area contributed by atoms with Crippen LogP contribution in [0.1, 0.15) is 36.0 Å². The van der Waals surface area contributed by atoms with Crippen molar-refractivity contribution in [1.82, 2.24) is 5.32 Å². The summed E-state index contributed by atoms with van der Waals surface area (Å²) >= 11 is 0. The average Bonchev–Trinajstić information content (AvgIpc) is 3.30. The Hall–Kier alpha value is -2.64. The second kappa shape index (κ2) is 12.3. The van der Waals surface area contributed by atoms with Crippen LogP contribution in [0.4, 0.5) is 5.69 Å². The lowest BCUT2D eigenvalue weighted by atomic mass is 10.1. The van der Waals surface area contributed by atoms with Gasteiger partial charge >= 0.3 is 0 Å². The maximum atomic E-state index is 12.8. The fraction of sp³-hybridized carbons (Fsp3) is 0.435. The van der Waals surface area contributed by atoms with E-state index in [9.17, 15) is 4.79 Å². The lowest BCUT2D eigenvalue weighted by Gasteiger charge is -2.16. The molecule has 0 spiro atoms. The van der Waals surface area contributed by atoms with E-state index in [1.165, 1.54) is 39.9 Å². The lowest BCUT2D eigenvalue weighted by Crippen LogP contribution is -2.30. The van der Waals surface area contributed by atoms with Crippen LogP contribution in [0.5, 0.6) is 23.0 Å². The van der Waals surface area contributed by atoms with Crippen molar-refractivity contribution in [2.45, 2.75) is 31.7 Å². The molecule has 0 aromatic heterocycles. The van der Waals surface area contributed by atoms with Crippen LogP contribution in [0.25, 0.3) is 0 Å². The first kappa shape index (κ1) is 24.6. The monoisotopic (exact) mass is 450 g/mol. The number of hydrogen-bond acceptors (Lipinski definition) is 6. The molecular weight excluding hydrogens is 420 g/mol. The smallest absolute Gasteiger partial charge is 0.263 e. The number of nitrogens with one attached hydrogen (secondary N) is 2. The highest BCUT2D eigenvalue weighted by atomic mass is 35.5. The topological polar surface area (TPSA) is 78.1 Å². The fourth-order valence-electron chi connectivity index (χ4n) is 3.69. The van der Waals surface area contributed by atoms with E-state index >= 15 is 0 Å². The number of carbonyl (C=O) groups excluding carboxylic acids is 1. The van der Waals surface area contributed by atoms with E-state index < -0.39 is 0 Å². The Bertz CT molecular complexity index is 834. The molecule has 3 rings (SSSR count). The van der Waals surface area contributed by atoms with Gasteiger partial charge < -0.3 is 29.6 Å². The summed E-state index contributed by atoms with van der Waals surface area (Å²) in [4.78, 5) is 12.8. The summed E-state index contributed by atoms with van der Waals surface area (Å²) < 4.78 is 21.9. The minimum absolute atomic E-state index is 0. The van der Waals surface area contributed by atoms with Crippen LogP contribution in [0, 0.1) is 0 Å². The van der Waals surface area contributed by atoms with Gasteiger partial charge in [0.1, 0.15) is 23.7 Å². The normalized spacial score (nSPS) is 13.3. The summed E-state index contributed by atoms with van der Waals surface area (Å²) in [6.07, 6.45) is 5.10. The van der Waals surface area contributed by atoms with Gasteiger partial charge in [-0.25, -0.2) is 0 Å². The summed E-state index contributed by atoms with van der Waals surface area (Å²) in [7, 11) is 4.61. The van der Waals surface area contributed by atoms with Crippen LogP contribution in [0.15, 0.2) is 36.4 Å². The molecule has 0 radical (unpaired) electrons. The summed E-state index contributed by atoms with van der Waals surface area (Å²) in [6, 6.07) is 11.1. The molecule has 0 bridgehead atoms. The Kier molecular flexibility index (Phi) is 9.75. The molecule has 0 saturated heterocycles. The number of carbonyl (C=O) groups is 1. The third kappa shape index (κ3) is 6.42. The van der Waals surface area contributed by atoms with Gasteiger partial charge in [-0.2, -0.15) is 0 Å². The van der Waals surface area contributed by atoms with Gasteiger partial charge in [0.2, 0.25) is 0 Å². The predicted molar refractivity (Wildman–Crippen MR) is 123 cm³/mol. The van der Waals surface area contributed by atoms with Crippen molar-refractivity contribution < 1.29 is 23.7 Å². The molecule has 7 nitrogen and oxygen atoms in total. The van der Waals surface area contributed by atoms with Gasteiger partial charge in [-0.1, -0.05) is 18.9 Å². The van der Waals surface area contributed by atoms with Crippen LogP contribution in [0.3, 0.4) is 0 Å². The van der Waals surface area contributed by atoms with Gasteiger partial charge in [0.15, 0.2) is 11.5 Å². The first-order chi connectivity index (χ1) is 14.7. The zero-order valence-electron chi connectivity index (χ0n) is 18.2. The number of rotatable bonds is 10. The summed E-state index contributed by atoms with van der Waals surface area (Å²) in [6.45, 7) is 1.34. The van der Waals surface area contributed by atoms with Crippen molar-refractivity contribution in [2.75, 3.05) is 39.8 Å². The average molecular weight is 451 g/mol. The number of benzene rings is 2. The van der Waals surface area contributed by atoms with Gasteiger partial charge in [-0.15, -0.1) is 12.4 Å². The standard InChI is InChI=1S/C23H30N2O5.ClH/c1-27-19-9-6-10-20(28-2)22(19)23(26)25-17-11-12-18(21(15-17)29-3)30-14-13-24-16-7-4-5-8-16;/h6,9-12,15-16,24H,4-5,7-8,13-14H2,1-3H3,(H,25,26);1H. The van der Waals surface area contributed by atoms with Crippen LogP contribution in [-0.2, 0) is 0 Å². The van der Waals surface area contributed by atoms with Crippen molar-refractivity contribution in [2.24, 2.45) is 0 Å². The Morgan fingerprint density at radius 2 is 1.58 bits per heavy atom. The zero-order chi connectivity index (χ0) is 21.3. The number of halogens is 1. The highest BCUT2D eigenvalue weighted by Gasteiger charge is 2.19. The van der Waals surface area contributed by atoms with E-state index in [1.807, 2.05) is 0 Å². The Morgan fingerprint density at radius 1 is 0.935 bits per heavy atom. The first-order valence-corrected chi connectivity index (χ1v) is 10.2. The van der Waals surface area contributed by atoms with Crippen molar-refractivity contribution in [1.29, 1.82) is 0 Å². The molecule has 1 amide bonds. The van der Waals surface area contributed by atoms with Gasteiger partial charge in [0.05, 0.1) is 21.3 Å². The molecule has 8 heteroatoms. The maximum absolute atomic E-state index is 12.8. The molecule has 1 aliphatic carbocycles. The summed E-state index contributed by atoms with van der Waals surface area (Å²) in [5.74, 6) is 1.74. The molecule has 2 N–H and O–H groups in total. The van der Waals surface area contributed by atoms with Gasteiger partial charge in [0.25, 0.3) is 5.91 Å². The summed E-state index contributed by atoms with van der Waals surface area (Å²) in [5.41, 5.74) is 0.918. The molecule has 2 aromatic rings. The molecule has 170 valence electrons. The highest BCUT2D eigenvalue weighted by molar-refractivity contribution is 6.08. The third-order valence-corrected chi connectivity index (χ3v) is 5.22. The number of anilines is 1. The molecule has 0 unspecified atom stereocenters. The van der Waals surface area contributed by atoms with E-state index in [4.69, 9.17) is 18.9 Å². The molecular formula is C23H31ClN2O5. The second-order valence-electron chi connectivity index (χ2n) is 7.14. The quantitative estimate of drug-likeness (QED) is 0.525. The van der Waals surface area contributed by atoms with Crippen molar-refractivity contribution in [3.63, 3.8) is 0 Å². The van der Waals surface area contributed by atoms with Crippen molar-refractivity contribution in [3.05, 3.63) is 42.0 Å². The predicted octanol–water partition coefficient (Wildman–Crippen LogP) is 4.30. The van der Waals surface area contributed by atoms with E-state index in [2.05, 4.69) is 10.6 Å². The first-order valence-electron chi connectivity index (χ1n) is 10.2. The van der Waals surface area contributed by atoms with Crippen LogP contribution in [-0.4, -0.2) is 46.4 Å². The number of hydrogen-bond donors (Lipinski definition) is 2. The van der Waals surface area contributed by atoms with E-state index in [0.29, 0.717) is 46.9 Å². The molecule has 1 aliphatic rings. The molecule has 2 aromatic carbocycles. The number of amides is 1. The molecule has 0 aliphatic heterocycles. The van der Waals surface area contributed by atoms with E-state index in [0.717, 1.165) is 6.54 Å². The van der Waals surface area contributed by atoms with Gasteiger partial charge in [-0.05, 0) is 37.1 Å². The van der Waals surface area contributed by atoms with Crippen LogP contribution in [0.2, 0.25) is 0 Å². The highest BCUT2D eigenvalue weighted by Crippen LogP contribution is 2.32. The molecule has 1 fully saturated rings. The Morgan fingerprint density at radius 3 is 2.19 bits per heavy atom. The van der Waals surface area contributed by atoms with E-state index in [-0.39, 0.29) is 18.3 Å². The zero-order valence-corrected chi connectivity index (χ0v) is 19.1. The van der Waals surface area contributed by atoms with Crippen LogP contribution >= 0.6 is 12.4 Å². The molecule has 1 saturated carbocycles. The molecule has 0 atom stereocenters. The largest absolute Gasteiger partial charge is 0.496 e. The number of methoxy groups -OCH3 is 3. The minimum atomic E-state index is -0.333. The second-order valence-corrected chi connectivity index (χ2v) is 7.14.